The molecule has 142 valence electrons. The van der Waals surface area contributed by atoms with Gasteiger partial charge >= 0.3 is 0 Å². The van der Waals surface area contributed by atoms with Crippen molar-refractivity contribution in [3.8, 4) is 0 Å². The molecule has 0 saturated carbocycles. The molecule has 27 heavy (non-hydrogen) atoms. The number of piperidine rings is 1. The van der Waals surface area contributed by atoms with Crippen LogP contribution in [0.2, 0.25) is 5.02 Å². The number of rotatable bonds is 7. The Morgan fingerprint density at radius 1 is 1.04 bits per heavy atom. The van der Waals surface area contributed by atoms with E-state index in [1.165, 1.54) is 0 Å². The second kappa shape index (κ2) is 9.67. The average molecular weight is 385 g/mol. The molecule has 1 amide bonds. The molecule has 0 bridgehead atoms. The lowest BCUT2D eigenvalue weighted by Gasteiger charge is -2.33. The number of nitrogens with one attached hydrogen (secondary N) is 2. The van der Waals surface area contributed by atoms with Crippen LogP contribution in [0, 0.1) is 5.92 Å². The second-order valence-corrected chi connectivity index (χ2v) is 7.46. The van der Waals surface area contributed by atoms with Gasteiger partial charge in [-0.3, -0.25) is 9.59 Å². The monoisotopic (exact) mass is 384 g/mol. The van der Waals surface area contributed by atoms with Crippen LogP contribution in [0.25, 0.3) is 0 Å². The largest absolute Gasteiger partial charge is 0.349 e. The predicted molar refractivity (Wildman–Crippen MR) is 108 cm³/mol. The van der Waals surface area contributed by atoms with E-state index in [0.29, 0.717) is 28.5 Å². The van der Waals surface area contributed by atoms with Crippen molar-refractivity contribution < 1.29 is 9.59 Å². The molecule has 1 fully saturated rings. The van der Waals surface area contributed by atoms with E-state index in [1.807, 2.05) is 30.3 Å². The highest BCUT2D eigenvalue weighted by Gasteiger charge is 2.26. The van der Waals surface area contributed by atoms with Crippen LogP contribution in [0.15, 0.2) is 54.6 Å². The second-order valence-electron chi connectivity index (χ2n) is 7.02. The molecule has 2 unspecified atom stereocenters. The minimum Gasteiger partial charge on any atom is -0.349 e. The third-order valence-corrected chi connectivity index (χ3v) is 5.36. The SMILES string of the molecule is O=C(CCCC1CNCCC1NC(=O)c1ccccc1)c1ccc(Cl)cc1. The molecular weight excluding hydrogens is 360 g/mol. The number of carbonyl (C=O) groups excluding carboxylic acids is 2. The average Bonchev–Trinajstić information content (AvgIpc) is 2.70. The Balaban J connectivity index is 1.50. The predicted octanol–water partition coefficient (Wildman–Crippen LogP) is 4.10. The van der Waals surface area contributed by atoms with Gasteiger partial charge in [0.25, 0.3) is 5.91 Å². The van der Waals surface area contributed by atoms with E-state index in [1.54, 1.807) is 24.3 Å². The van der Waals surface area contributed by atoms with Gasteiger partial charge < -0.3 is 10.6 Å². The summed E-state index contributed by atoms with van der Waals surface area (Å²) in [7, 11) is 0. The molecule has 0 radical (unpaired) electrons. The maximum atomic E-state index is 12.5. The number of hydrogen-bond donors (Lipinski definition) is 2. The van der Waals surface area contributed by atoms with Crippen molar-refractivity contribution in [2.24, 2.45) is 5.92 Å². The molecule has 3 rings (SSSR count). The summed E-state index contributed by atoms with van der Waals surface area (Å²) in [6.07, 6.45) is 3.14. The van der Waals surface area contributed by atoms with E-state index in [0.717, 1.165) is 32.4 Å². The highest BCUT2D eigenvalue weighted by molar-refractivity contribution is 6.30. The number of ketones is 1. The van der Waals surface area contributed by atoms with Gasteiger partial charge in [0.05, 0.1) is 0 Å². The zero-order valence-electron chi connectivity index (χ0n) is 15.3. The molecule has 2 aromatic carbocycles. The van der Waals surface area contributed by atoms with Crippen LogP contribution in [0.1, 0.15) is 46.4 Å². The highest BCUT2D eigenvalue weighted by Crippen LogP contribution is 2.20. The van der Waals surface area contributed by atoms with Crippen LogP contribution in [-0.2, 0) is 0 Å². The van der Waals surface area contributed by atoms with E-state index < -0.39 is 0 Å². The summed E-state index contributed by atoms with van der Waals surface area (Å²) in [6, 6.07) is 16.5. The first-order valence-corrected chi connectivity index (χ1v) is 9.86. The molecule has 2 aromatic rings. The first kappa shape index (κ1) is 19.6. The Kier molecular flexibility index (Phi) is 7.02. The number of carbonyl (C=O) groups is 2. The molecule has 0 aromatic heterocycles. The Hall–Kier alpha value is -2.17. The minimum atomic E-state index is -0.0234. The minimum absolute atomic E-state index is 0.0234. The fourth-order valence-electron chi connectivity index (χ4n) is 3.56. The van der Waals surface area contributed by atoms with E-state index in [4.69, 9.17) is 11.6 Å². The molecule has 0 spiro atoms. The lowest BCUT2D eigenvalue weighted by Crippen LogP contribution is -2.49. The Bertz CT molecular complexity index is 762. The van der Waals surface area contributed by atoms with Crippen molar-refractivity contribution >= 4 is 23.3 Å². The summed E-state index contributed by atoms with van der Waals surface area (Å²) < 4.78 is 0. The van der Waals surface area contributed by atoms with Gasteiger partial charge in [0.15, 0.2) is 5.78 Å². The number of Topliss-reactive ketones (excluding diaryl/α,β-unsaturated/α-hetero) is 1. The van der Waals surface area contributed by atoms with Crippen LogP contribution in [0.4, 0.5) is 0 Å². The third kappa shape index (κ3) is 5.65. The van der Waals surface area contributed by atoms with Crippen LogP contribution in [-0.4, -0.2) is 30.8 Å². The maximum Gasteiger partial charge on any atom is 0.251 e. The molecule has 2 N–H and O–H groups in total. The van der Waals surface area contributed by atoms with E-state index in [2.05, 4.69) is 10.6 Å². The van der Waals surface area contributed by atoms with Crippen molar-refractivity contribution in [3.05, 3.63) is 70.7 Å². The number of amides is 1. The topological polar surface area (TPSA) is 58.2 Å². The molecule has 1 heterocycles. The number of benzene rings is 2. The number of halogens is 1. The van der Waals surface area contributed by atoms with Crippen LogP contribution < -0.4 is 10.6 Å². The normalized spacial score (nSPS) is 19.4. The Morgan fingerprint density at radius 2 is 1.78 bits per heavy atom. The fraction of sp³-hybridized carbons (Fsp3) is 0.364. The Morgan fingerprint density at radius 3 is 2.52 bits per heavy atom. The lowest BCUT2D eigenvalue weighted by molar-refractivity contribution is 0.0900. The van der Waals surface area contributed by atoms with Crippen LogP contribution in [0.3, 0.4) is 0 Å². The third-order valence-electron chi connectivity index (χ3n) is 5.11. The Labute approximate surface area is 165 Å². The van der Waals surface area contributed by atoms with Crippen molar-refractivity contribution in [2.45, 2.75) is 31.7 Å². The summed E-state index contributed by atoms with van der Waals surface area (Å²) in [5, 5.41) is 7.22. The molecular formula is C22H25ClN2O2. The van der Waals surface area contributed by atoms with Crippen molar-refractivity contribution in [1.82, 2.24) is 10.6 Å². The van der Waals surface area contributed by atoms with Gasteiger partial charge in [0.2, 0.25) is 0 Å². The fourth-order valence-corrected chi connectivity index (χ4v) is 3.69. The van der Waals surface area contributed by atoms with Gasteiger partial charge in [-0.25, -0.2) is 0 Å². The quantitative estimate of drug-likeness (QED) is 0.706. The van der Waals surface area contributed by atoms with Gasteiger partial charge in [-0.05, 0) is 74.7 Å². The first-order chi connectivity index (χ1) is 13.1. The smallest absolute Gasteiger partial charge is 0.251 e. The molecule has 1 saturated heterocycles. The zero-order valence-corrected chi connectivity index (χ0v) is 16.0. The summed E-state index contributed by atoms with van der Waals surface area (Å²) in [5.74, 6) is 0.453. The van der Waals surface area contributed by atoms with Crippen molar-refractivity contribution in [1.29, 1.82) is 0 Å². The number of hydrogen-bond acceptors (Lipinski definition) is 3. The highest BCUT2D eigenvalue weighted by atomic mass is 35.5. The van der Waals surface area contributed by atoms with Crippen LogP contribution in [0.5, 0.6) is 0 Å². The summed E-state index contributed by atoms with van der Waals surface area (Å²) >= 11 is 5.87. The van der Waals surface area contributed by atoms with Gasteiger partial charge in [-0.1, -0.05) is 29.8 Å². The van der Waals surface area contributed by atoms with Gasteiger partial charge in [-0.15, -0.1) is 0 Å². The maximum absolute atomic E-state index is 12.5. The molecule has 1 aliphatic rings. The van der Waals surface area contributed by atoms with Gasteiger partial charge in [0, 0.05) is 28.6 Å². The summed E-state index contributed by atoms with van der Waals surface area (Å²) in [5.41, 5.74) is 1.39. The summed E-state index contributed by atoms with van der Waals surface area (Å²) in [6.45, 7) is 1.77. The summed E-state index contributed by atoms with van der Waals surface area (Å²) in [4.78, 5) is 24.8. The molecule has 1 aliphatic heterocycles. The van der Waals surface area contributed by atoms with Crippen molar-refractivity contribution in [3.63, 3.8) is 0 Å². The zero-order chi connectivity index (χ0) is 19.1. The van der Waals surface area contributed by atoms with Crippen molar-refractivity contribution in [2.75, 3.05) is 13.1 Å². The lowest BCUT2D eigenvalue weighted by atomic mass is 9.88. The van der Waals surface area contributed by atoms with E-state index in [-0.39, 0.29) is 17.7 Å². The van der Waals surface area contributed by atoms with E-state index >= 15 is 0 Å². The first-order valence-electron chi connectivity index (χ1n) is 9.49. The molecule has 2 atom stereocenters. The standard InChI is InChI=1S/C22H25ClN2O2/c23-19-11-9-16(10-12-19)21(26)8-4-7-18-15-24-14-13-20(18)25-22(27)17-5-2-1-3-6-17/h1-3,5-6,9-12,18,20,24H,4,7-8,13-15H2,(H,25,27). The van der Waals surface area contributed by atoms with E-state index in [9.17, 15) is 9.59 Å². The van der Waals surface area contributed by atoms with Crippen LogP contribution >= 0.6 is 11.6 Å². The van der Waals surface area contributed by atoms with Gasteiger partial charge in [-0.2, -0.15) is 0 Å². The molecule has 4 nitrogen and oxygen atoms in total. The molecule has 5 heteroatoms. The van der Waals surface area contributed by atoms with Gasteiger partial charge in [0.1, 0.15) is 0 Å². The molecule has 0 aliphatic carbocycles.